The summed E-state index contributed by atoms with van der Waals surface area (Å²) in [7, 11) is 0. The highest BCUT2D eigenvalue weighted by Gasteiger charge is 2.23. The van der Waals surface area contributed by atoms with Crippen molar-refractivity contribution in [1.82, 2.24) is 19.7 Å². The number of H-pyrrole nitrogens is 1. The molecule has 0 amide bonds. The maximum atomic E-state index is 12.4. The first-order valence-electron chi connectivity index (χ1n) is 10.5. The van der Waals surface area contributed by atoms with Crippen molar-refractivity contribution in [2.24, 2.45) is 5.10 Å². The highest BCUT2D eigenvalue weighted by molar-refractivity contribution is 5.89. The van der Waals surface area contributed by atoms with Gasteiger partial charge in [-0.1, -0.05) is 30.3 Å². The van der Waals surface area contributed by atoms with Gasteiger partial charge in [0.15, 0.2) is 0 Å². The lowest BCUT2D eigenvalue weighted by Gasteiger charge is -2.29. The van der Waals surface area contributed by atoms with Gasteiger partial charge in [0.25, 0.3) is 5.56 Å². The minimum absolute atomic E-state index is 0.140. The number of ether oxygens (including phenoxy) is 1. The molecule has 2 N–H and O–H groups in total. The van der Waals surface area contributed by atoms with E-state index in [0.29, 0.717) is 24.2 Å². The maximum Gasteiger partial charge on any atom is 0.293 e. The molecule has 1 saturated heterocycles. The molecule has 162 valence electrons. The Morgan fingerprint density at radius 1 is 1.09 bits per heavy atom. The van der Waals surface area contributed by atoms with Gasteiger partial charge in [0.2, 0.25) is 5.82 Å². The summed E-state index contributed by atoms with van der Waals surface area (Å²) < 4.78 is 7.47. The number of morpholine rings is 1. The summed E-state index contributed by atoms with van der Waals surface area (Å²) in [5.41, 5.74) is 6.52. The molecule has 1 fully saturated rings. The van der Waals surface area contributed by atoms with Crippen molar-refractivity contribution >= 4 is 28.9 Å². The third-order valence-electron chi connectivity index (χ3n) is 5.36. The number of aromatic amines is 1. The molecule has 4 aromatic rings. The van der Waals surface area contributed by atoms with Gasteiger partial charge in [-0.2, -0.15) is 10.2 Å². The Hall–Kier alpha value is -3.98. The van der Waals surface area contributed by atoms with Gasteiger partial charge < -0.3 is 14.6 Å². The summed E-state index contributed by atoms with van der Waals surface area (Å²) in [6.45, 7) is 4.79. The Kier molecular flexibility index (Phi) is 5.39. The van der Waals surface area contributed by atoms with E-state index in [4.69, 9.17) is 9.84 Å². The van der Waals surface area contributed by atoms with E-state index in [2.05, 4.69) is 25.4 Å². The molecule has 0 bridgehead atoms. The van der Waals surface area contributed by atoms with Crippen LogP contribution in [-0.2, 0) is 4.74 Å². The summed E-state index contributed by atoms with van der Waals surface area (Å²) in [6.07, 6.45) is 1.70. The Morgan fingerprint density at radius 3 is 2.66 bits per heavy atom. The molecule has 0 radical (unpaired) electrons. The molecule has 32 heavy (non-hydrogen) atoms. The van der Waals surface area contributed by atoms with Crippen molar-refractivity contribution in [2.75, 3.05) is 36.6 Å². The molecule has 2 aromatic heterocycles. The predicted octanol–water partition coefficient (Wildman–Crippen LogP) is 2.70. The first-order valence-corrected chi connectivity index (χ1v) is 10.5. The Balaban J connectivity index is 1.50. The van der Waals surface area contributed by atoms with Crippen molar-refractivity contribution in [3.8, 4) is 5.69 Å². The molecule has 1 aliphatic rings. The van der Waals surface area contributed by atoms with E-state index < -0.39 is 0 Å². The normalized spacial score (nSPS) is 14.3. The van der Waals surface area contributed by atoms with Crippen molar-refractivity contribution < 1.29 is 4.74 Å². The SMILES string of the molecule is Cc1nn(-c2ccccc2)c(N2CCOCC2)c1/C=N/Nc1nc2ccccc2[nH]c1=O. The largest absolute Gasteiger partial charge is 0.378 e. The maximum absolute atomic E-state index is 12.4. The van der Waals surface area contributed by atoms with Crippen LogP contribution in [0.3, 0.4) is 0 Å². The molecule has 0 aliphatic carbocycles. The molecular formula is C23H23N7O2. The van der Waals surface area contributed by atoms with Gasteiger partial charge >= 0.3 is 0 Å². The topological polar surface area (TPSA) is 100 Å². The number of para-hydroxylation sites is 3. The van der Waals surface area contributed by atoms with Crippen LogP contribution in [0.15, 0.2) is 64.5 Å². The van der Waals surface area contributed by atoms with E-state index in [-0.39, 0.29) is 11.4 Å². The van der Waals surface area contributed by atoms with Crippen molar-refractivity contribution in [1.29, 1.82) is 0 Å². The van der Waals surface area contributed by atoms with Crippen LogP contribution < -0.4 is 15.9 Å². The number of aromatic nitrogens is 4. The van der Waals surface area contributed by atoms with E-state index in [9.17, 15) is 4.79 Å². The quantitative estimate of drug-likeness (QED) is 0.374. The lowest BCUT2D eigenvalue weighted by Crippen LogP contribution is -2.38. The number of rotatable bonds is 5. The van der Waals surface area contributed by atoms with Gasteiger partial charge in [0.05, 0.1) is 47.4 Å². The molecule has 0 spiro atoms. The van der Waals surface area contributed by atoms with Crippen LogP contribution in [-0.4, -0.2) is 52.3 Å². The van der Waals surface area contributed by atoms with E-state index in [1.807, 2.05) is 66.2 Å². The van der Waals surface area contributed by atoms with Crippen LogP contribution in [0.25, 0.3) is 16.7 Å². The van der Waals surface area contributed by atoms with E-state index in [0.717, 1.165) is 35.9 Å². The molecular weight excluding hydrogens is 406 g/mol. The van der Waals surface area contributed by atoms with Crippen LogP contribution in [0.4, 0.5) is 11.6 Å². The highest BCUT2D eigenvalue weighted by Crippen LogP contribution is 2.27. The molecule has 0 unspecified atom stereocenters. The Morgan fingerprint density at radius 2 is 1.84 bits per heavy atom. The number of aryl methyl sites for hydroxylation is 1. The number of hydrogen-bond donors (Lipinski definition) is 2. The first kappa shape index (κ1) is 20.0. The van der Waals surface area contributed by atoms with Crippen molar-refractivity contribution in [3.05, 3.63) is 76.2 Å². The van der Waals surface area contributed by atoms with Crippen LogP contribution >= 0.6 is 0 Å². The summed E-state index contributed by atoms with van der Waals surface area (Å²) in [5.74, 6) is 1.09. The fourth-order valence-electron chi connectivity index (χ4n) is 3.77. The zero-order valence-electron chi connectivity index (χ0n) is 17.7. The number of benzene rings is 2. The number of anilines is 2. The zero-order valence-corrected chi connectivity index (χ0v) is 17.7. The van der Waals surface area contributed by atoms with Crippen LogP contribution in [0.2, 0.25) is 0 Å². The van der Waals surface area contributed by atoms with Gasteiger partial charge in [-0.3, -0.25) is 10.2 Å². The molecule has 3 heterocycles. The van der Waals surface area contributed by atoms with Crippen LogP contribution in [0, 0.1) is 6.92 Å². The zero-order chi connectivity index (χ0) is 21.9. The van der Waals surface area contributed by atoms with E-state index in [1.54, 1.807) is 6.21 Å². The number of nitrogens with zero attached hydrogens (tertiary/aromatic N) is 5. The molecule has 0 atom stereocenters. The fraction of sp³-hybridized carbons (Fsp3) is 0.217. The minimum atomic E-state index is -0.328. The van der Waals surface area contributed by atoms with Gasteiger partial charge in [0.1, 0.15) is 5.82 Å². The van der Waals surface area contributed by atoms with Crippen molar-refractivity contribution in [2.45, 2.75) is 6.92 Å². The predicted molar refractivity (Wildman–Crippen MR) is 125 cm³/mol. The standard InChI is InChI=1S/C23H23N7O2/c1-16-18(15-24-27-21-22(31)26-20-10-6-5-9-19(20)25-21)23(29-11-13-32-14-12-29)30(28-16)17-7-3-2-4-8-17/h2-10,15H,11-14H2,1H3,(H,25,27)(H,26,31)/b24-15+. The van der Waals surface area contributed by atoms with Gasteiger partial charge in [0, 0.05) is 13.1 Å². The summed E-state index contributed by atoms with van der Waals surface area (Å²) in [6, 6.07) is 17.4. The monoisotopic (exact) mass is 429 g/mol. The summed E-state index contributed by atoms with van der Waals surface area (Å²) in [5, 5.41) is 9.11. The average Bonchev–Trinajstić information content (AvgIpc) is 3.16. The molecule has 1 aliphatic heterocycles. The summed E-state index contributed by atoms with van der Waals surface area (Å²) >= 11 is 0. The minimum Gasteiger partial charge on any atom is -0.378 e. The second-order valence-electron chi connectivity index (χ2n) is 7.47. The Bertz CT molecular complexity index is 1320. The molecule has 9 nitrogen and oxygen atoms in total. The molecule has 9 heteroatoms. The molecule has 0 saturated carbocycles. The van der Waals surface area contributed by atoms with Gasteiger partial charge in [-0.05, 0) is 31.2 Å². The van der Waals surface area contributed by atoms with Crippen LogP contribution in [0.1, 0.15) is 11.3 Å². The third-order valence-corrected chi connectivity index (χ3v) is 5.36. The van der Waals surface area contributed by atoms with Crippen LogP contribution in [0.5, 0.6) is 0 Å². The number of nitrogens with one attached hydrogen (secondary N) is 2. The smallest absolute Gasteiger partial charge is 0.293 e. The van der Waals surface area contributed by atoms with Crippen molar-refractivity contribution in [3.63, 3.8) is 0 Å². The number of hydrogen-bond acceptors (Lipinski definition) is 7. The molecule has 5 rings (SSSR count). The lowest BCUT2D eigenvalue weighted by molar-refractivity contribution is 0.122. The Labute approximate surface area is 184 Å². The van der Waals surface area contributed by atoms with Gasteiger partial charge in [-0.15, -0.1) is 0 Å². The number of hydrazone groups is 1. The highest BCUT2D eigenvalue weighted by atomic mass is 16.5. The average molecular weight is 429 g/mol. The molecule has 2 aromatic carbocycles. The second-order valence-corrected chi connectivity index (χ2v) is 7.47. The first-order chi connectivity index (χ1) is 15.7. The fourth-order valence-corrected chi connectivity index (χ4v) is 3.77. The van der Waals surface area contributed by atoms with Gasteiger partial charge in [-0.25, -0.2) is 9.67 Å². The second kappa shape index (κ2) is 8.64. The number of fused-ring (bicyclic) bond motifs is 1. The summed E-state index contributed by atoms with van der Waals surface area (Å²) in [4.78, 5) is 21.8. The lowest BCUT2D eigenvalue weighted by atomic mass is 10.2. The third kappa shape index (κ3) is 3.85. The van der Waals surface area contributed by atoms with E-state index in [1.165, 1.54) is 0 Å². The van der Waals surface area contributed by atoms with E-state index >= 15 is 0 Å².